The van der Waals surface area contributed by atoms with Gasteiger partial charge in [-0.15, -0.1) is 11.3 Å². The lowest BCUT2D eigenvalue weighted by atomic mass is 10.0. The highest BCUT2D eigenvalue weighted by atomic mass is 32.1. The van der Waals surface area contributed by atoms with Gasteiger partial charge in [0, 0.05) is 10.8 Å². The lowest BCUT2D eigenvalue weighted by Crippen LogP contribution is -2.08. The third-order valence-corrected chi connectivity index (χ3v) is 6.33. The Balaban J connectivity index is 1.48. The molecule has 1 heterocycles. The highest BCUT2D eigenvalue weighted by molar-refractivity contribution is 7.10. The van der Waals surface area contributed by atoms with Crippen molar-refractivity contribution in [2.24, 2.45) is 0 Å². The van der Waals surface area contributed by atoms with Gasteiger partial charge in [0.05, 0.1) is 20.5 Å². The summed E-state index contributed by atoms with van der Waals surface area (Å²) in [5.41, 5.74) is 3.31. The quantitative estimate of drug-likeness (QED) is 0.264. The van der Waals surface area contributed by atoms with E-state index < -0.39 is 5.97 Å². The Kier molecular flexibility index (Phi) is 6.19. The molecule has 2 atom stereocenters. The number of hydrogen-bond acceptors (Lipinski definition) is 5. The molecule has 30 heavy (non-hydrogen) atoms. The second-order valence-electron chi connectivity index (χ2n) is 7.24. The Morgan fingerprint density at radius 1 is 1.07 bits per heavy atom. The first-order valence-electron chi connectivity index (χ1n) is 9.87. The zero-order valence-corrected chi connectivity index (χ0v) is 17.9. The van der Waals surface area contributed by atoms with E-state index >= 15 is 0 Å². The van der Waals surface area contributed by atoms with Gasteiger partial charge in [0.1, 0.15) is 17.9 Å². The highest BCUT2D eigenvalue weighted by Crippen LogP contribution is 2.56. The maximum Gasteiger partial charge on any atom is 0.341 e. The molecular weight excluding hydrogens is 396 g/mol. The minimum Gasteiger partial charge on any atom is -0.503 e. The Morgan fingerprint density at radius 2 is 1.93 bits per heavy atom. The molecule has 0 radical (unpaired) electrons. The van der Waals surface area contributed by atoms with Gasteiger partial charge in [0.25, 0.3) is 0 Å². The van der Waals surface area contributed by atoms with Gasteiger partial charge in [-0.3, -0.25) is 0 Å². The first-order chi connectivity index (χ1) is 14.7. The molecule has 0 N–H and O–H groups in total. The van der Waals surface area contributed by atoms with Crippen LogP contribution in [0.3, 0.4) is 0 Å². The van der Waals surface area contributed by atoms with Gasteiger partial charge in [-0.25, -0.2) is 4.79 Å². The van der Waals surface area contributed by atoms with E-state index in [-0.39, 0.29) is 0 Å². The van der Waals surface area contributed by atoms with Crippen LogP contribution < -0.4 is 4.74 Å². The zero-order chi connectivity index (χ0) is 20.9. The molecule has 1 aliphatic carbocycles. The van der Waals surface area contributed by atoms with Crippen molar-refractivity contribution < 1.29 is 19.0 Å². The van der Waals surface area contributed by atoms with E-state index in [0.717, 1.165) is 16.9 Å². The molecule has 0 aliphatic heterocycles. The summed E-state index contributed by atoms with van der Waals surface area (Å²) in [7, 11) is 2.87. The van der Waals surface area contributed by atoms with Crippen molar-refractivity contribution in [2.75, 3.05) is 14.2 Å². The maximum absolute atomic E-state index is 12.2. The molecule has 2 unspecified atom stereocenters. The van der Waals surface area contributed by atoms with Crippen LogP contribution in [0.25, 0.3) is 5.57 Å². The molecule has 1 aromatic heterocycles. The Morgan fingerprint density at radius 3 is 2.70 bits per heavy atom. The Hall–Kier alpha value is -3.05. The van der Waals surface area contributed by atoms with Crippen LogP contribution in [-0.4, -0.2) is 20.2 Å². The smallest absolute Gasteiger partial charge is 0.341 e. The van der Waals surface area contributed by atoms with Gasteiger partial charge >= 0.3 is 5.97 Å². The monoisotopic (exact) mass is 420 g/mol. The highest BCUT2D eigenvalue weighted by Gasteiger charge is 2.40. The lowest BCUT2D eigenvalue weighted by Gasteiger charge is -2.13. The number of ether oxygens (including phenoxy) is 3. The van der Waals surface area contributed by atoms with E-state index in [4.69, 9.17) is 14.2 Å². The Labute approximate surface area is 180 Å². The summed E-state index contributed by atoms with van der Waals surface area (Å²) in [6, 6.07) is 20.3. The first-order valence-corrected chi connectivity index (χ1v) is 10.7. The van der Waals surface area contributed by atoms with Crippen LogP contribution in [0.2, 0.25) is 0 Å². The molecule has 3 aromatic rings. The third-order valence-electron chi connectivity index (χ3n) is 5.33. The minimum absolute atomic E-state index is 0.344. The number of hydrogen-bond donors (Lipinski definition) is 0. The van der Waals surface area contributed by atoms with Crippen molar-refractivity contribution in [3.05, 3.63) is 93.9 Å². The van der Waals surface area contributed by atoms with Crippen molar-refractivity contribution in [3.8, 4) is 5.75 Å². The molecule has 1 saturated carbocycles. The molecule has 4 nitrogen and oxygen atoms in total. The number of carbonyl (C=O) groups is 1. The normalized spacial score (nSPS) is 18.0. The van der Waals surface area contributed by atoms with Gasteiger partial charge in [0.15, 0.2) is 0 Å². The summed E-state index contributed by atoms with van der Waals surface area (Å²) < 4.78 is 16.1. The second-order valence-corrected chi connectivity index (χ2v) is 8.22. The van der Waals surface area contributed by atoms with Crippen LogP contribution in [0, 0.1) is 0 Å². The van der Waals surface area contributed by atoms with Crippen LogP contribution in [0.15, 0.2) is 72.3 Å². The predicted molar refractivity (Wildman–Crippen MR) is 119 cm³/mol. The van der Waals surface area contributed by atoms with Crippen molar-refractivity contribution in [1.82, 2.24) is 0 Å². The summed E-state index contributed by atoms with van der Waals surface area (Å²) in [6.45, 7) is 0.344. The van der Waals surface area contributed by atoms with E-state index in [1.807, 2.05) is 47.7 Å². The molecule has 0 saturated heterocycles. The fourth-order valence-corrected chi connectivity index (χ4v) is 4.64. The summed E-state index contributed by atoms with van der Waals surface area (Å²) in [5.74, 6) is 1.58. The van der Waals surface area contributed by atoms with E-state index in [2.05, 4.69) is 29.6 Å². The van der Waals surface area contributed by atoms with E-state index in [9.17, 15) is 4.79 Å². The lowest BCUT2D eigenvalue weighted by molar-refractivity contribution is -0.133. The molecule has 4 rings (SSSR count). The van der Waals surface area contributed by atoms with Crippen LogP contribution in [0.4, 0.5) is 0 Å². The number of carbonyl (C=O) groups excluding carboxylic acids is 1. The largest absolute Gasteiger partial charge is 0.503 e. The average Bonchev–Trinajstić information content (AvgIpc) is 3.40. The van der Waals surface area contributed by atoms with Crippen LogP contribution in [0.5, 0.6) is 5.75 Å². The topological polar surface area (TPSA) is 44.8 Å². The van der Waals surface area contributed by atoms with Gasteiger partial charge in [-0.1, -0.05) is 42.5 Å². The molecule has 1 aliphatic rings. The molecular formula is C25H24O4S. The molecule has 1 fully saturated rings. The third kappa shape index (κ3) is 4.41. The molecule has 2 aromatic carbocycles. The summed E-state index contributed by atoms with van der Waals surface area (Å²) in [6.07, 6.45) is 2.60. The second kappa shape index (κ2) is 9.18. The van der Waals surface area contributed by atoms with Gasteiger partial charge < -0.3 is 14.2 Å². The van der Waals surface area contributed by atoms with Gasteiger partial charge in [-0.05, 0) is 52.6 Å². The molecule has 0 bridgehead atoms. The summed E-state index contributed by atoms with van der Waals surface area (Å²) >= 11 is 1.83. The number of rotatable bonds is 8. The van der Waals surface area contributed by atoms with Gasteiger partial charge in [-0.2, -0.15) is 0 Å². The maximum atomic E-state index is 12.2. The minimum atomic E-state index is -0.445. The van der Waals surface area contributed by atoms with Crippen LogP contribution >= 0.6 is 11.3 Å². The zero-order valence-electron chi connectivity index (χ0n) is 17.0. The number of thiophene rings is 1. The number of benzene rings is 2. The molecule has 0 amide bonds. The number of esters is 1. The van der Waals surface area contributed by atoms with Gasteiger partial charge in [0.2, 0.25) is 0 Å². The summed E-state index contributed by atoms with van der Waals surface area (Å²) in [4.78, 5) is 13.6. The van der Waals surface area contributed by atoms with Crippen molar-refractivity contribution in [3.63, 3.8) is 0 Å². The predicted octanol–water partition coefficient (Wildman–Crippen LogP) is 5.76. The standard InChI is InChI=1S/C25H24O4S/c1-27-16-23(25(26)28-2)20-10-4-3-7-18(20)15-29-19-9-5-8-17(13-19)21-14-22(21)24-11-6-12-30-24/h3-13,16,21-22H,14-15H2,1-2H3. The first kappa shape index (κ1) is 20.2. The number of methoxy groups -OCH3 is 2. The van der Waals surface area contributed by atoms with E-state index in [1.165, 1.54) is 37.3 Å². The van der Waals surface area contributed by atoms with E-state index in [1.54, 1.807) is 0 Å². The SMILES string of the molecule is COC=C(C(=O)OC)c1ccccc1COc1cccc(C2CC2c2cccs2)c1. The van der Waals surface area contributed by atoms with Crippen molar-refractivity contribution >= 4 is 22.9 Å². The van der Waals surface area contributed by atoms with E-state index in [0.29, 0.717) is 24.0 Å². The molecule has 0 spiro atoms. The van der Waals surface area contributed by atoms with Crippen LogP contribution in [-0.2, 0) is 20.9 Å². The van der Waals surface area contributed by atoms with Crippen molar-refractivity contribution in [1.29, 1.82) is 0 Å². The average molecular weight is 421 g/mol. The molecule has 5 heteroatoms. The molecule has 154 valence electrons. The Bertz CT molecular complexity index is 1040. The fraction of sp³-hybridized carbons (Fsp3) is 0.240. The van der Waals surface area contributed by atoms with Crippen molar-refractivity contribution in [2.45, 2.75) is 24.9 Å². The van der Waals surface area contributed by atoms with Crippen LogP contribution in [0.1, 0.15) is 39.8 Å². The summed E-state index contributed by atoms with van der Waals surface area (Å²) in [5, 5.41) is 2.14. The fourth-order valence-electron chi connectivity index (χ4n) is 3.73.